The van der Waals surface area contributed by atoms with Gasteiger partial charge in [0.05, 0.1) is 11.9 Å². The number of nitrogens with two attached hydrogens (primary N) is 1. The van der Waals surface area contributed by atoms with E-state index in [-0.39, 0.29) is 0 Å². The number of hydrogen-bond acceptors (Lipinski definition) is 3. The lowest BCUT2D eigenvalue weighted by molar-refractivity contribution is 0.172. The Hall–Kier alpha value is -1.45. The molecule has 0 saturated heterocycles. The number of anilines is 1. The highest BCUT2D eigenvalue weighted by Crippen LogP contribution is 2.03. The third-order valence-corrected chi connectivity index (χ3v) is 1.62. The molecule has 0 fully saturated rings. The molecule has 4 nitrogen and oxygen atoms in total. The normalized spacial score (nSPS) is 12.0. The van der Waals surface area contributed by atoms with Crippen molar-refractivity contribution in [1.82, 2.24) is 4.73 Å². The summed E-state index contributed by atoms with van der Waals surface area (Å²) in [6, 6.07) is 1.75. The molecule has 0 aromatic carbocycles. The van der Waals surface area contributed by atoms with E-state index in [0.29, 0.717) is 17.7 Å². The highest BCUT2D eigenvalue weighted by atomic mass is 16.5. The SMILES string of the molecule is CCN=c1cc(C)c(N)cn1O. The van der Waals surface area contributed by atoms with E-state index in [0.717, 1.165) is 10.3 Å². The van der Waals surface area contributed by atoms with Crippen LogP contribution in [-0.2, 0) is 0 Å². The second-order valence-corrected chi connectivity index (χ2v) is 2.59. The lowest BCUT2D eigenvalue weighted by Gasteiger charge is -2.02. The van der Waals surface area contributed by atoms with Gasteiger partial charge in [-0.3, -0.25) is 4.99 Å². The maximum Gasteiger partial charge on any atom is 0.163 e. The van der Waals surface area contributed by atoms with Crippen molar-refractivity contribution in [2.75, 3.05) is 12.3 Å². The quantitative estimate of drug-likeness (QED) is 0.599. The Morgan fingerprint density at radius 2 is 2.33 bits per heavy atom. The van der Waals surface area contributed by atoms with Gasteiger partial charge in [0.2, 0.25) is 0 Å². The molecule has 66 valence electrons. The number of aryl methyl sites for hydroxylation is 1. The summed E-state index contributed by atoms with van der Waals surface area (Å²) in [5.74, 6) is 0. The monoisotopic (exact) mass is 167 g/mol. The number of rotatable bonds is 1. The topological polar surface area (TPSA) is 63.5 Å². The van der Waals surface area contributed by atoms with Gasteiger partial charge in [0.1, 0.15) is 0 Å². The molecule has 1 aromatic heterocycles. The van der Waals surface area contributed by atoms with Crippen LogP contribution in [0.5, 0.6) is 0 Å². The van der Waals surface area contributed by atoms with Crippen LogP contribution in [0.4, 0.5) is 5.69 Å². The Labute approximate surface area is 70.9 Å². The molecule has 0 aliphatic carbocycles. The average molecular weight is 167 g/mol. The minimum Gasteiger partial charge on any atom is -0.427 e. The highest BCUT2D eigenvalue weighted by Gasteiger charge is 1.95. The summed E-state index contributed by atoms with van der Waals surface area (Å²) in [5.41, 5.74) is 7.58. The molecule has 0 saturated carbocycles. The number of hydrogen-bond donors (Lipinski definition) is 2. The van der Waals surface area contributed by atoms with Gasteiger partial charge in [0.25, 0.3) is 0 Å². The fourth-order valence-electron chi connectivity index (χ4n) is 0.923. The molecule has 4 heteroatoms. The van der Waals surface area contributed by atoms with Crippen molar-refractivity contribution in [3.8, 4) is 0 Å². The summed E-state index contributed by atoms with van der Waals surface area (Å²) in [5, 5.41) is 9.29. The van der Waals surface area contributed by atoms with Gasteiger partial charge in [-0.2, -0.15) is 4.73 Å². The van der Waals surface area contributed by atoms with Gasteiger partial charge in [-0.1, -0.05) is 0 Å². The minimum absolute atomic E-state index is 0.532. The lowest BCUT2D eigenvalue weighted by Crippen LogP contribution is -2.19. The van der Waals surface area contributed by atoms with E-state index in [1.165, 1.54) is 6.20 Å². The third kappa shape index (κ3) is 1.58. The fourth-order valence-corrected chi connectivity index (χ4v) is 0.923. The Bertz CT molecular complexity index is 341. The molecule has 0 atom stereocenters. The zero-order chi connectivity index (χ0) is 9.14. The Morgan fingerprint density at radius 1 is 1.67 bits per heavy atom. The predicted octanol–water partition coefficient (Wildman–Crippen LogP) is 0.537. The summed E-state index contributed by atoms with van der Waals surface area (Å²) < 4.78 is 0.936. The second kappa shape index (κ2) is 3.30. The molecule has 1 aromatic rings. The van der Waals surface area contributed by atoms with Crippen molar-refractivity contribution in [2.24, 2.45) is 4.99 Å². The number of nitrogens with zero attached hydrogens (tertiary/aromatic N) is 2. The number of aromatic nitrogens is 1. The van der Waals surface area contributed by atoms with Gasteiger partial charge in [-0.25, -0.2) is 0 Å². The van der Waals surface area contributed by atoms with Gasteiger partial charge in [-0.15, -0.1) is 0 Å². The van der Waals surface area contributed by atoms with Gasteiger partial charge < -0.3 is 10.9 Å². The summed E-state index contributed by atoms with van der Waals surface area (Å²) in [6.07, 6.45) is 1.45. The molecule has 1 heterocycles. The number of nitrogen functional groups attached to an aromatic ring is 1. The van der Waals surface area contributed by atoms with Crippen molar-refractivity contribution >= 4 is 5.69 Å². The zero-order valence-electron chi connectivity index (χ0n) is 7.28. The summed E-state index contributed by atoms with van der Waals surface area (Å²) >= 11 is 0. The zero-order valence-corrected chi connectivity index (χ0v) is 7.28. The standard InChI is InChI=1S/C8H13N3O/c1-3-10-8-4-6(2)7(9)5-11(8)12/h4-5,12H,3,9H2,1-2H3. The van der Waals surface area contributed by atoms with Crippen molar-refractivity contribution in [1.29, 1.82) is 0 Å². The summed E-state index contributed by atoms with van der Waals surface area (Å²) in [4.78, 5) is 4.07. The molecule has 0 bridgehead atoms. The molecule has 1 rings (SSSR count). The van der Waals surface area contributed by atoms with E-state index in [1.807, 2.05) is 13.8 Å². The van der Waals surface area contributed by atoms with E-state index < -0.39 is 0 Å². The first-order valence-electron chi connectivity index (χ1n) is 3.83. The molecular weight excluding hydrogens is 154 g/mol. The van der Waals surface area contributed by atoms with Gasteiger partial charge in [-0.05, 0) is 25.5 Å². The van der Waals surface area contributed by atoms with Crippen LogP contribution in [0.2, 0.25) is 0 Å². The summed E-state index contributed by atoms with van der Waals surface area (Å²) in [6.45, 7) is 4.43. The van der Waals surface area contributed by atoms with E-state index in [4.69, 9.17) is 5.73 Å². The molecule has 0 radical (unpaired) electrons. The van der Waals surface area contributed by atoms with E-state index in [9.17, 15) is 5.21 Å². The van der Waals surface area contributed by atoms with Crippen LogP contribution in [0, 0.1) is 6.92 Å². The van der Waals surface area contributed by atoms with Crippen LogP contribution < -0.4 is 11.2 Å². The third-order valence-electron chi connectivity index (χ3n) is 1.62. The van der Waals surface area contributed by atoms with Crippen LogP contribution >= 0.6 is 0 Å². The van der Waals surface area contributed by atoms with Crippen molar-refractivity contribution in [3.63, 3.8) is 0 Å². The predicted molar refractivity (Wildman–Crippen MR) is 46.9 cm³/mol. The maximum absolute atomic E-state index is 9.29. The molecule has 0 unspecified atom stereocenters. The summed E-state index contributed by atoms with van der Waals surface area (Å²) in [7, 11) is 0. The van der Waals surface area contributed by atoms with Gasteiger partial charge >= 0.3 is 0 Å². The molecule has 0 aliphatic heterocycles. The molecular formula is C8H13N3O. The van der Waals surface area contributed by atoms with E-state index in [2.05, 4.69) is 4.99 Å². The first-order valence-corrected chi connectivity index (χ1v) is 3.83. The Kier molecular flexibility index (Phi) is 2.38. The maximum atomic E-state index is 9.29. The average Bonchev–Trinajstić information content (AvgIpc) is 2.01. The van der Waals surface area contributed by atoms with Crippen LogP contribution in [0.25, 0.3) is 0 Å². The lowest BCUT2D eigenvalue weighted by atomic mass is 10.2. The van der Waals surface area contributed by atoms with Crippen LogP contribution in [-0.4, -0.2) is 16.5 Å². The first-order chi connectivity index (χ1) is 5.65. The largest absolute Gasteiger partial charge is 0.427 e. The van der Waals surface area contributed by atoms with Crippen LogP contribution in [0.1, 0.15) is 12.5 Å². The molecule has 0 aliphatic rings. The highest BCUT2D eigenvalue weighted by molar-refractivity contribution is 5.42. The van der Waals surface area contributed by atoms with Gasteiger partial charge in [0.15, 0.2) is 5.49 Å². The Balaban J connectivity index is 3.33. The molecule has 3 N–H and O–H groups in total. The molecule has 0 amide bonds. The van der Waals surface area contributed by atoms with E-state index >= 15 is 0 Å². The number of pyridine rings is 1. The second-order valence-electron chi connectivity index (χ2n) is 2.59. The molecule has 12 heavy (non-hydrogen) atoms. The van der Waals surface area contributed by atoms with Crippen molar-refractivity contribution in [3.05, 3.63) is 23.3 Å². The van der Waals surface area contributed by atoms with Crippen molar-refractivity contribution < 1.29 is 5.21 Å². The molecule has 0 spiro atoms. The first kappa shape index (κ1) is 8.64. The fraction of sp³-hybridized carbons (Fsp3) is 0.375. The van der Waals surface area contributed by atoms with E-state index in [1.54, 1.807) is 6.07 Å². The van der Waals surface area contributed by atoms with Crippen LogP contribution in [0.3, 0.4) is 0 Å². The smallest absolute Gasteiger partial charge is 0.163 e. The Morgan fingerprint density at radius 3 is 2.92 bits per heavy atom. The van der Waals surface area contributed by atoms with Crippen LogP contribution in [0.15, 0.2) is 17.3 Å². The van der Waals surface area contributed by atoms with Crippen molar-refractivity contribution in [2.45, 2.75) is 13.8 Å². The van der Waals surface area contributed by atoms with Gasteiger partial charge in [0, 0.05) is 6.54 Å². The minimum atomic E-state index is 0.532.